The van der Waals surface area contributed by atoms with Gasteiger partial charge in [0.2, 0.25) is 10.0 Å². The molecule has 0 amide bonds. The first-order valence-corrected chi connectivity index (χ1v) is 7.59. The van der Waals surface area contributed by atoms with E-state index in [2.05, 4.69) is 15.1 Å². The minimum Gasteiger partial charge on any atom is -0.383 e. The SMILES string of the molecule is CNCCn1nc(C)c(S(=O)(=O)NCCOC)c1C. The fraction of sp³-hybridized carbons (Fsp3) is 0.727. The molecule has 0 atom stereocenters. The molecule has 1 rings (SSSR count). The van der Waals surface area contributed by atoms with Crippen LogP contribution in [0.5, 0.6) is 0 Å². The highest BCUT2D eigenvalue weighted by molar-refractivity contribution is 7.89. The highest BCUT2D eigenvalue weighted by atomic mass is 32.2. The zero-order valence-electron chi connectivity index (χ0n) is 11.9. The Morgan fingerprint density at radius 1 is 1.32 bits per heavy atom. The zero-order valence-corrected chi connectivity index (χ0v) is 12.7. The van der Waals surface area contributed by atoms with Crippen molar-refractivity contribution in [1.82, 2.24) is 19.8 Å². The summed E-state index contributed by atoms with van der Waals surface area (Å²) in [6, 6.07) is 0. The molecule has 7 nitrogen and oxygen atoms in total. The molecule has 0 saturated carbocycles. The fourth-order valence-corrected chi connectivity index (χ4v) is 3.28. The number of likely N-dealkylation sites (N-methyl/N-ethyl adjacent to an activating group) is 1. The van der Waals surface area contributed by atoms with Crippen LogP contribution in [0.1, 0.15) is 11.4 Å². The summed E-state index contributed by atoms with van der Waals surface area (Å²) >= 11 is 0. The summed E-state index contributed by atoms with van der Waals surface area (Å²) in [5.74, 6) is 0. The van der Waals surface area contributed by atoms with Crippen molar-refractivity contribution < 1.29 is 13.2 Å². The molecular weight excluding hydrogens is 268 g/mol. The Kier molecular flexibility index (Phi) is 5.92. The number of sulfonamides is 1. The van der Waals surface area contributed by atoms with Gasteiger partial charge in [0.25, 0.3) is 0 Å². The summed E-state index contributed by atoms with van der Waals surface area (Å²) in [7, 11) is -0.161. The number of nitrogens with one attached hydrogen (secondary N) is 2. The van der Waals surface area contributed by atoms with Gasteiger partial charge in [-0.3, -0.25) is 4.68 Å². The molecule has 0 aromatic carbocycles. The Morgan fingerprint density at radius 2 is 2.00 bits per heavy atom. The maximum atomic E-state index is 12.2. The van der Waals surface area contributed by atoms with E-state index in [9.17, 15) is 8.42 Å². The van der Waals surface area contributed by atoms with Crippen molar-refractivity contribution >= 4 is 10.0 Å². The predicted molar refractivity (Wildman–Crippen MR) is 72.7 cm³/mol. The molecule has 0 fully saturated rings. The summed E-state index contributed by atoms with van der Waals surface area (Å²) in [5, 5.41) is 7.28. The molecule has 19 heavy (non-hydrogen) atoms. The molecule has 8 heteroatoms. The van der Waals surface area contributed by atoms with Gasteiger partial charge in [0, 0.05) is 20.2 Å². The monoisotopic (exact) mass is 290 g/mol. The van der Waals surface area contributed by atoms with Gasteiger partial charge in [-0.2, -0.15) is 5.10 Å². The summed E-state index contributed by atoms with van der Waals surface area (Å²) in [6.45, 7) is 5.42. The van der Waals surface area contributed by atoms with Gasteiger partial charge in [-0.15, -0.1) is 0 Å². The molecule has 1 heterocycles. The van der Waals surface area contributed by atoms with E-state index in [1.807, 2.05) is 7.05 Å². The van der Waals surface area contributed by atoms with Crippen molar-refractivity contribution in [1.29, 1.82) is 0 Å². The molecular formula is C11H22N4O3S. The minimum atomic E-state index is -3.53. The number of aryl methyl sites for hydroxylation is 1. The van der Waals surface area contributed by atoms with Gasteiger partial charge in [0.1, 0.15) is 4.90 Å². The molecule has 110 valence electrons. The Labute approximate surface area is 114 Å². The second-order valence-corrected chi connectivity index (χ2v) is 5.92. The van der Waals surface area contributed by atoms with Crippen molar-refractivity contribution in [2.45, 2.75) is 25.3 Å². The van der Waals surface area contributed by atoms with Crippen LogP contribution in [0.15, 0.2) is 4.90 Å². The number of methoxy groups -OCH3 is 1. The Morgan fingerprint density at radius 3 is 2.58 bits per heavy atom. The van der Waals surface area contributed by atoms with Crippen LogP contribution < -0.4 is 10.0 Å². The molecule has 0 aliphatic heterocycles. The molecule has 1 aromatic heterocycles. The van der Waals surface area contributed by atoms with Crippen LogP contribution in [0.3, 0.4) is 0 Å². The molecule has 2 N–H and O–H groups in total. The van der Waals surface area contributed by atoms with Gasteiger partial charge < -0.3 is 10.1 Å². The lowest BCUT2D eigenvalue weighted by molar-refractivity contribution is 0.204. The quantitative estimate of drug-likeness (QED) is 0.639. The van der Waals surface area contributed by atoms with Crippen LogP contribution in [0.4, 0.5) is 0 Å². The van der Waals surface area contributed by atoms with E-state index in [4.69, 9.17) is 4.74 Å². The lowest BCUT2D eigenvalue weighted by atomic mass is 10.4. The van der Waals surface area contributed by atoms with Crippen LogP contribution in [-0.4, -0.2) is 52.1 Å². The Hall–Kier alpha value is -0.960. The number of rotatable bonds is 8. The van der Waals surface area contributed by atoms with Crippen molar-refractivity contribution in [2.75, 3.05) is 33.9 Å². The topological polar surface area (TPSA) is 85.2 Å². The second-order valence-electron chi connectivity index (χ2n) is 4.22. The molecule has 1 aromatic rings. The smallest absolute Gasteiger partial charge is 0.244 e. The first kappa shape index (κ1) is 16.1. The summed E-state index contributed by atoms with van der Waals surface area (Å²) in [5.41, 5.74) is 1.16. The van der Waals surface area contributed by atoms with Gasteiger partial charge >= 0.3 is 0 Å². The predicted octanol–water partition coefficient (Wildman–Crippen LogP) is -0.356. The van der Waals surface area contributed by atoms with E-state index in [0.29, 0.717) is 24.5 Å². The lowest BCUT2D eigenvalue weighted by Gasteiger charge is -2.07. The summed E-state index contributed by atoms with van der Waals surface area (Å²) in [6.07, 6.45) is 0. The maximum Gasteiger partial charge on any atom is 0.244 e. The van der Waals surface area contributed by atoms with Gasteiger partial charge in [0.05, 0.1) is 24.5 Å². The van der Waals surface area contributed by atoms with Gasteiger partial charge in [-0.25, -0.2) is 13.1 Å². The first-order valence-electron chi connectivity index (χ1n) is 6.11. The van der Waals surface area contributed by atoms with Crippen LogP contribution >= 0.6 is 0 Å². The zero-order chi connectivity index (χ0) is 14.5. The minimum absolute atomic E-state index is 0.249. The third kappa shape index (κ3) is 4.00. The second kappa shape index (κ2) is 6.99. The molecule has 0 spiro atoms. The van der Waals surface area contributed by atoms with Crippen molar-refractivity contribution in [3.8, 4) is 0 Å². The average Bonchev–Trinajstić information content (AvgIpc) is 2.62. The Bertz CT molecular complexity index is 510. The van der Waals surface area contributed by atoms with Crippen molar-refractivity contribution in [3.05, 3.63) is 11.4 Å². The fourth-order valence-electron chi connectivity index (χ4n) is 1.86. The van der Waals surface area contributed by atoms with Crippen molar-refractivity contribution in [3.63, 3.8) is 0 Å². The summed E-state index contributed by atoms with van der Waals surface area (Å²) < 4.78 is 33.4. The maximum absolute atomic E-state index is 12.2. The first-order chi connectivity index (χ1) is 8.94. The number of ether oxygens (including phenoxy) is 1. The van der Waals surface area contributed by atoms with E-state index < -0.39 is 10.0 Å². The Balaban J connectivity index is 2.96. The van der Waals surface area contributed by atoms with E-state index in [-0.39, 0.29) is 11.4 Å². The molecule has 0 saturated heterocycles. The van der Waals surface area contributed by atoms with Crippen LogP contribution in [0, 0.1) is 13.8 Å². The lowest BCUT2D eigenvalue weighted by Crippen LogP contribution is -2.28. The van der Waals surface area contributed by atoms with Crippen LogP contribution in [0.25, 0.3) is 0 Å². The summed E-state index contributed by atoms with van der Waals surface area (Å²) in [4.78, 5) is 0.264. The number of hydrogen-bond donors (Lipinski definition) is 2. The molecule has 0 radical (unpaired) electrons. The van der Waals surface area contributed by atoms with Gasteiger partial charge in [-0.1, -0.05) is 0 Å². The molecule has 0 bridgehead atoms. The largest absolute Gasteiger partial charge is 0.383 e. The van der Waals surface area contributed by atoms with E-state index in [0.717, 1.165) is 6.54 Å². The average molecular weight is 290 g/mol. The highest BCUT2D eigenvalue weighted by Gasteiger charge is 2.23. The number of aromatic nitrogens is 2. The number of nitrogens with zero attached hydrogens (tertiary/aromatic N) is 2. The molecule has 0 unspecified atom stereocenters. The van der Waals surface area contributed by atoms with E-state index >= 15 is 0 Å². The third-order valence-corrected chi connectivity index (χ3v) is 4.47. The highest BCUT2D eigenvalue weighted by Crippen LogP contribution is 2.18. The molecule has 0 aliphatic rings. The molecule has 0 aliphatic carbocycles. The van der Waals surface area contributed by atoms with Crippen molar-refractivity contribution in [2.24, 2.45) is 0 Å². The number of hydrogen-bond acceptors (Lipinski definition) is 5. The van der Waals surface area contributed by atoms with E-state index in [1.165, 1.54) is 7.11 Å². The van der Waals surface area contributed by atoms with E-state index in [1.54, 1.807) is 18.5 Å². The van der Waals surface area contributed by atoms with Gasteiger partial charge in [-0.05, 0) is 20.9 Å². The normalized spacial score (nSPS) is 12.0. The van der Waals surface area contributed by atoms with Crippen LogP contribution in [-0.2, 0) is 21.3 Å². The van der Waals surface area contributed by atoms with Crippen LogP contribution in [0.2, 0.25) is 0 Å². The van der Waals surface area contributed by atoms with Gasteiger partial charge in [0.15, 0.2) is 0 Å². The third-order valence-electron chi connectivity index (χ3n) is 2.76. The standard InChI is InChI=1S/C11H22N4O3S/c1-9-11(19(16,17)13-6-8-18-4)10(2)15(14-9)7-5-12-3/h12-13H,5-8H2,1-4H3.